The first-order valence-electron chi connectivity index (χ1n) is 7.18. The standard InChI is InChI=1S/C18H24N2/c1-4-5-9-16(2)18(17-10-7-6-8-11-17)20-14-12-19(3)13-15-20/h4-11,18H,1-2,12-15H2,3H3/b9-5-. The normalized spacial score (nSPS) is 19.1. The third-order valence-electron chi connectivity index (χ3n) is 3.82. The summed E-state index contributed by atoms with van der Waals surface area (Å²) in [6, 6.07) is 10.9. The second-order valence-corrected chi connectivity index (χ2v) is 5.32. The monoisotopic (exact) mass is 268 g/mol. The highest BCUT2D eigenvalue weighted by Gasteiger charge is 2.24. The van der Waals surface area contributed by atoms with Crippen molar-refractivity contribution >= 4 is 0 Å². The molecule has 1 aliphatic rings. The topological polar surface area (TPSA) is 6.48 Å². The minimum atomic E-state index is 0.265. The molecule has 2 rings (SSSR count). The number of piperazine rings is 1. The largest absolute Gasteiger partial charge is 0.304 e. The van der Waals surface area contributed by atoms with Gasteiger partial charge < -0.3 is 4.90 Å². The van der Waals surface area contributed by atoms with Gasteiger partial charge in [0.05, 0.1) is 6.04 Å². The molecule has 1 fully saturated rings. The summed E-state index contributed by atoms with van der Waals surface area (Å²) in [6.07, 6.45) is 5.84. The first-order chi connectivity index (χ1) is 9.72. The van der Waals surface area contributed by atoms with Gasteiger partial charge in [0.1, 0.15) is 0 Å². The van der Waals surface area contributed by atoms with Crippen LogP contribution in [0.15, 0.2) is 67.3 Å². The van der Waals surface area contributed by atoms with E-state index in [9.17, 15) is 0 Å². The predicted octanol–water partition coefficient (Wildman–Crippen LogP) is 3.27. The van der Waals surface area contributed by atoms with Gasteiger partial charge in [0.15, 0.2) is 0 Å². The Hall–Kier alpha value is -1.64. The van der Waals surface area contributed by atoms with Crippen LogP contribution in [-0.4, -0.2) is 43.0 Å². The second kappa shape index (κ2) is 7.22. The van der Waals surface area contributed by atoms with Gasteiger partial charge in [0.25, 0.3) is 0 Å². The molecule has 0 N–H and O–H groups in total. The van der Waals surface area contributed by atoms with Gasteiger partial charge in [-0.25, -0.2) is 0 Å². The average molecular weight is 268 g/mol. The molecule has 1 saturated heterocycles. The fraction of sp³-hybridized carbons (Fsp3) is 0.333. The lowest BCUT2D eigenvalue weighted by Crippen LogP contribution is -2.46. The lowest BCUT2D eigenvalue weighted by molar-refractivity contribution is 0.127. The van der Waals surface area contributed by atoms with Crippen molar-refractivity contribution in [2.24, 2.45) is 0 Å². The quantitative estimate of drug-likeness (QED) is 0.756. The van der Waals surface area contributed by atoms with E-state index >= 15 is 0 Å². The van der Waals surface area contributed by atoms with E-state index in [4.69, 9.17) is 0 Å². The summed E-state index contributed by atoms with van der Waals surface area (Å²) in [5, 5.41) is 0. The lowest BCUT2D eigenvalue weighted by Gasteiger charge is -2.38. The van der Waals surface area contributed by atoms with Gasteiger partial charge in [0.2, 0.25) is 0 Å². The Morgan fingerprint density at radius 3 is 2.40 bits per heavy atom. The van der Waals surface area contributed by atoms with Crippen LogP contribution in [-0.2, 0) is 0 Å². The van der Waals surface area contributed by atoms with Gasteiger partial charge in [-0.05, 0) is 18.2 Å². The van der Waals surface area contributed by atoms with Crippen molar-refractivity contribution in [3.8, 4) is 0 Å². The van der Waals surface area contributed by atoms with Gasteiger partial charge in [-0.1, -0.05) is 61.7 Å². The number of rotatable bonds is 5. The number of hydrogen-bond donors (Lipinski definition) is 0. The molecule has 1 aromatic carbocycles. The summed E-state index contributed by atoms with van der Waals surface area (Å²) in [7, 11) is 2.18. The van der Waals surface area contributed by atoms with Crippen LogP contribution < -0.4 is 0 Å². The number of likely N-dealkylation sites (N-methyl/N-ethyl adjacent to an activating group) is 1. The molecule has 1 aliphatic heterocycles. The molecule has 0 radical (unpaired) electrons. The van der Waals surface area contributed by atoms with Crippen LogP contribution >= 0.6 is 0 Å². The number of allylic oxidation sites excluding steroid dienone is 2. The third kappa shape index (κ3) is 3.69. The van der Waals surface area contributed by atoms with E-state index in [1.54, 1.807) is 6.08 Å². The maximum atomic E-state index is 4.27. The predicted molar refractivity (Wildman–Crippen MR) is 86.7 cm³/mol. The smallest absolute Gasteiger partial charge is 0.0596 e. The number of hydrogen-bond acceptors (Lipinski definition) is 2. The first kappa shape index (κ1) is 14.8. The third-order valence-corrected chi connectivity index (χ3v) is 3.82. The molecule has 1 aromatic rings. The Labute approximate surface area is 122 Å². The molecule has 0 aromatic heterocycles. The molecule has 1 unspecified atom stereocenters. The molecular weight excluding hydrogens is 244 g/mol. The van der Waals surface area contributed by atoms with Gasteiger partial charge in [-0.15, -0.1) is 0 Å². The van der Waals surface area contributed by atoms with Crippen LogP contribution in [0.3, 0.4) is 0 Å². The summed E-state index contributed by atoms with van der Waals surface area (Å²) in [6.45, 7) is 12.4. The average Bonchev–Trinajstić information content (AvgIpc) is 2.48. The summed E-state index contributed by atoms with van der Waals surface area (Å²) < 4.78 is 0. The summed E-state index contributed by atoms with van der Waals surface area (Å²) in [5.41, 5.74) is 2.44. The summed E-state index contributed by atoms with van der Waals surface area (Å²) >= 11 is 0. The first-order valence-corrected chi connectivity index (χ1v) is 7.18. The highest BCUT2D eigenvalue weighted by atomic mass is 15.3. The van der Waals surface area contributed by atoms with Crippen molar-refractivity contribution in [1.29, 1.82) is 0 Å². The maximum Gasteiger partial charge on any atom is 0.0596 e. The molecular formula is C18H24N2. The van der Waals surface area contributed by atoms with Crippen LogP contribution in [0.4, 0.5) is 0 Å². The van der Waals surface area contributed by atoms with Crippen LogP contribution in [0.2, 0.25) is 0 Å². The molecule has 106 valence electrons. The van der Waals surface area contributed by atoms with Crippen molar-refractivity contribution in [3.05, 3.63) is 72.9 Å². The van der Waals surface area contributed by atoms with Gasteiger partial charge in [-0.2, -0.15) is 0 Å². The van der Waals surface area contributed by atoms with E-state index in [1.165, 1.54) is 5.56 Å². The molecule has 0 saturated carbocycles. The van der Waals surface area contributed by atoms with Crippen molar-refractivity contribution < 1.29 is 0 Å². The van der Waals surface area contributed by atoms with E-state index in [0.717, 1.165) is 31.8 Å². The number of benzene rings is 1. The zero-order valence-corrected chi connectivity index (χ0v) is 12.3. The summed E-state index contributed by atoms with van der Waals surface area (Å²) in [5.74, 6) is 0. The molecule has 2 heteroatoms. The van der Waals surface area contributed by atoms with Gasteiger partial charge >= 0.3 is 0 Å². The maximum absolute atomic E-state index is 4.27. The van der Waals surface area contributed by atoms with Crippen LogP contribution in [0.5, 0.6) is 0 Å². The van der Waals surface area contributed by atoms with E-state index in [1.807, 2.05) is 6.08 Å². The lowest BCUT2D eigenvalue weighted by atomic mass is 9.97. The minimum absolute atomic E-state index is 0.265. The van der Waals surface area contributed by atoms with Gasteiger partial charge in [-0.3, -0.25) is 4.90 Å². The second-order valence-electron chi connectivity index (χ2n) is 5.32. The van der Waals surface area contributed by atoms with E-state index in [0.29, 0.717) is 0 Å². The van der Waals surface area contributed by atoms with Crippen molar-refractivity contribution in [2.75, 3.05) is 33.2 Å². The van der Waals surface area contributed by atoms with E-state index < -0.39 is 0 Å². The molecule has 0 amide bonds. The minimum Gasteiger partial charge on any atom is -0.304 e. The molecule has 1 heterocycles. The fourth-order valence-corrected chi connectivity index (χ4v) is 2.66. The Balaban J connectivity index is 2.22. The Morgan fingerprint density at radius 2 is 1.80 bits per heavy atom. The molecule has 0 bridgehead atoms. The van der Waals surface area contributed by atoms with Crippen LogP contribution in [0, 0.1) is 0 Å². The van der Waals surface area contributed by atoms with E-state index in [2.05, 4.69) is 66.4 Å². The SMILES string of the molecule is C=C/C=C\C(=C)C(c1ccccc1)N1CCN(C)CC1. The zero-order chi connectivity index (χ0) is 14.4. The molecule has 2 nitrogen and oxygen atoms in total. The Bertz CT molecular complexity index is 467. The van der Waals surface area contributed by atoms with Gasteiger partial charge in [0, 0.05) is 26.2 Å². The Kier molecular flexibility index (Phi) is 5.33. The molecule has 0 aliphatic carbocycles. The number of nitrogens with zero attached hydrogens (tertiary/aromatic N) is 2. The molecule has 0 spiro atoms. The van der Waals surface area contributed by atoms with Crippen LogP contribution in [0.1, 0.15) is 11.6 Å². The van der Waals surface area contributed by atoms with Crippen molar-refractivity contribution in [2.45, 2.75) is 6.04 Å². The molecule has 20 heavy (non-hydrogen) atoms. The highest BCUT2D eigenvalue weighted by molar-refractivity contribution is 5.33. The molecule has 1 atom stereocenters. The van der Waals surface area contributed by atoms with Crippen molar-refractivity contribution in [3.63, 3.8) is 0 Å². The van der Waals surface area contributed by atoms with Crippen molar-refractivity contribution in [1.82, 2.24) is 9.80 Å². The highest BCUT2D eigenvalue weighted by Crippen LogP contribution is 2.29. The summed E-state index contributed by atoms with van der Waals surface area (Å²) in [4.78, 5) is 4.89. The fourth-order valence-electron chi connectivity index (χ4n) is 2.66. The Morgan fingerprint density at radius 1 is 1.15 bits per heavy atom. The zero-order valence-electron chi connectivity index (χ0n) is 12.3. The van der Waals surface area contributed by atoms with Crippen LogP contribution in [0.25, 0.3) is 0 Å². The van der Waals surface area contributed by atoms with E-state index in [-0.39, 0.29) is 6.04 Å².